The van der Waals surface area contributed by atoms with E-state index in [2.05, 4.69) is 32.8 Å². The molecule has 0 aliphatic carbocycles. The monoisotopic (exact) mass is 371 g/mol. The van der Waals surface area contributed by atoms with Crippen LogP contribution in [0.5, 0.6) is 0 Å². The number of benzene rings is 1. The Kier molecular flexibility index (Phi) is 4.04. The minimum Gasteiger partial charge on any atom is -0.335 e. The number of hydrogen-bond donors (Lipinski definition) is 1. The summed E-state index contributed by atoms with van der Waals surface area (Å²) in [6.45, 7) is 6.11. The molecule has 102 valence electrons. The van der Waals surface area contributed by atoms with E-state index in [4.69, 9.17) is 0 Å². The van der Waals surface area contributed by atoms with Crippen LogP contribution in [0.2, 0.25) is 0 Å². The fraction of sp³-hybridized carbons (Fsp3) is 0.500. The van der Waals surface area contributed by atoms with Crippen LogP contribution < -0.4 is 5.32 Å². The van der Waals surface area contributed by atoms with Crippen molar-refractivity contribution in [1.29, 1.82) is 0 Å². The molecule has 2 fully saturated rings. The van der Waals surface area contributed by atoms with Crippen molar-refractivity contribution >= 4 is 28.5 Å². The minimum absolute atomic E-state index is 0.177. The fourth-order valence-electron chi connectivity index (χ4n) is 2.70. The van der Waals surface area contributed by atoms with Crippen LogP contribution in [0.1, 0.15) is 10.4 Å². The molecule has 1 amide bonds. The van der Waals surface area contributed by atoms with Gasteiger partial charge in [0.1, 0.15) is 0 Å². The summed E-state index contributed by atoms with van der Waals surface area (Å²) in [6, 6.07) is 8.37. The van der Waals surface area contributed by atoms with Crippen molar-refractivity contribution in [3.8, 4) is 0 Å². The normalized spacial score (nSPS) is 21.2. The van der Waals surface area contributed by atoms with Gasteiger partial charge in [-0.05, 0) is 34.7 Å². The predicted molar refractivity (Wildman–Crippen MR) is 83.3 cm³/mol. The summed E-state index contributed by atoms with van der Waals surface area (Å²) in [5.41, 5.74) is 0.835. The molecule has 2 saturated heterocycles. The molecule has 2 heterocycles. The maximum Gasteiger partial charge on any atom is 0.255 e. The molecule has 0 saturated carbocycles. The molecular weight excluding hydrogens is 353 g/mol. The molecule has 1 N–H and O–H groups in total. The summed E-state index contributed by atoms with van der Waals surface area (Å²) >= 11 is 2.23. The first kappa shape index (κ1) is 13.3. The van der Waals surface area contributed by atoms with Crippen molar-refractivity contribution in [3.63, 3.8) is 0 Å². The molecule has 4 nitrogen and oxygen atoms in total. The molecule has 0 radical (unpaired) electrons. The molecule has 0 unspecified atom stereocenters. The van der Waals surface area contributed by atoms with Crippen LogP contribution in [-0.4, -0.2) is 61.0 Å². The van der Waals surface area contributed by atoms with Gasteiger partial charge >= 0.3 is 0 Å². The third-order valence-electron chi connectivity index (χ3n) is 3.92. The summed E-state index contributed by atoms with van der Waals surface area (Å²) in [5, 5.41) is 3.36. The molecule has 5 heteroatoms. The molecule has 2 aliphatic heterocycles. The summed E-state index contributed by atoms with van der Waals surface area (Å²) in [5.74, 6) is 0.177. The van der Waals surface area contributed by atoms with Gasteiger partial charge in [-0.1, -0.05) is 12.1 Å². The quantitative estimate of drug-likeness (QED) is 0.789. The van der Waals surface area contributed by atoms with Crippen molar-refractivity contribution in [2.75, 3.05) is 39.3 Å². The molecule has 0 spiro atoms. The van der Waals surface area contributed by atoms with E-state index < -0.39 is 0 Å². The van der Waals surface area contributed by atoms with Crippen LogP contribution in [-0.2, 0) is 0 Å². The van der Waals surface area contributed by atoms with Crippen LogP contribution in [0, 0.1) is 3.57 Å². The third-order valence-corrected chi connectivity index (χ3v) is 4.86. The lowest BCUT2D eigenvalue weighted by molar-refractivity contribution is 0.0226. The van der Waals surface area contributed by atoms with Crippen LogP contribution >= 0.6 is 22.6 Å². The zero-order chi connectivity index (χ0) is 13.2. The Morgan fingerprint density at radius 3 is 2.58 bits per heavy atom. The first-order valence-corrected chi connectivity index (χ1v) is 7.82. The van der Waals surface area contributed by atoms with Crippen LogP contribution in [0.3, 0.4) is 0 Å². The van der Waals surface area contributed by atoms with Gasteiger partial charge in [-0.3, -0.25) is 9.69 Å². The van der Waals surface area contributed by atoms with E-state index in [1.165, 1.54) is 0 Å². The van der Waals surface area contributed by atoms with Gasteiger partial charge in [0.05, 0.1) is 5.56 Å². The van der Waals surface area contributed by atoms with Crippen molar-refractivity contribution in [2.45, 2.75) is 6.04 Å². The van der Waals surface area contributed by atoms with E-state index in [-0.39, 0.29) is 5.91 Å². The summed E-state index contributed by atoms with van der Waals surface area (Å²) in [7, 11) is 0. The lowest BCUT2D eigenvalue weighted by Crippen LogP contribution is -2.63. The van der Waals surface area contributed by atoms with Gasteiger partial charge in [0, 0.05) is 48.9 Å². The Bertz CT molecular complexity index is 468. The Morgan fingerprint density at radius 1 is 1.21 bits per heavy atom. The maximum absolute atomic E-state index is 12.4. The van der Waals surface area contributed by atoms with Gasteiger partial charge < -0.3 is 10.2 Å². The Labute approximate surface area is 127 Å². The van der Waals surface area contributed by atoms with E-state index in [1.807, 2.05) is 29.2 Å². The molecule has 0 aromatic heterocycles. The molecule has 0 atom stereocenters. The maximum atomic E-state index is 12.4. The summed E-state index contributed by atoms with van der Waals surface area (Å²) < 4.78 is 1.04. The zero-order valence-corrected chi connectivity index (χ0v) is 13.0. The second-order valence-electron chi connectivity index (χ2n) is 5.13. The van der Waals surface area contributed by atoms with Gasteiger partial charge in [0.25, 0.3) is 5.91 Å². The number of halogens is 1. The number of carbonyl (C=O) groups excluding carboxylic acids is 1. The van der Waals surface area contributed by atoms with Crippen molar-refractivity contribution in [2.24, 2.45) is 0 Å². The molecule has 0 bridgehead atoms. The number of rotatable bonds is 2. The van der Waals surface area contributed by atoms with Gasteiger partial charge in [0.15, 0.2) is 0 Å². The van der Waals surface area contributed by atoms with Crippen LogP contribution in [0.25, 0.3) is 0 Å². The molecule has 2 aliphatic rings. The largest absolute Gasteiger partial charge is 0.335 e. The number of hydrogen-bond acceptors (Lipinski definition) is 3. The highest BCUT2D eigenvalue weighted by atomic mass is 127. The molecule has 1 aromatic carbocycles. The highest BCUT2D eigenvalue weighted by molar-refractivity contribution is 14.1. The van der Waals surface area contributed by atoms with Gasteiger partial charge in [-0.2, -0.15) is 0 Å². The lowest BCUT2D eigenvalue weighted by Gasteiger charge is -2.46. The SMILES string of the molecule is O=C(c1ccccc1I)N1CC(N2CCNCC2)C1. The first-order valence-electron chi connectivity index (χ1n) is 6.74. The minimum atomic E-state index is 0.177. The number of amides is 1. The van der Waals surface area contributed by atoms with Crippen molar-refractivity contribution in [1.82, 2.24) is 15.1 Å². The summed E-state index contributed by atoms with van der Waals surface area (Å²) in [6.07, 6.45) is 0. The van der Waals surface area contributed by atoms with Gasteiger partial charge in [0.2, 0.25) is 0 Å². The lowest BCUT2D eigenvalue weighted by atomic mass is 10.0. The van der Waals surface area contributed by atoms with Crippen molar-refractivity contribution in [3.05, 3.63) is 33.4 Å². The van der Waals surface area contributed by atoms with E-state index >= 15 is 0 Å². The zero-order valence-electron chi connectivity index (χ0n) is 10.8. The number of likely N-dealkylation sites (tertiary alicyclic amines) is 1. The van der Waals surface area contributed by atoms with Gasteiger partial charge in [-0.25, -0.2) is 0 Å². The average molecular weight is 371 g/mol. The van der Waals surface area contributed by atoms with Crippen LogP contribution in [0.15, 0.2) is 24.3 Å². The van der Waals surface area contributed by atoms with Gasteiger partial charge in [-0.15, -0.1) is 0 Å². The highest BCUT2D eigenvalue weighted by Gasteiger charge is 2.35. The highest BCUT2D eigenvalue weighted by Crippen LogP contribution is 2.21. The first-order chi connectivity index (χ1) is 9.25. The molecule has 3 rings (SSSR count). The number of nitrogens with zero attached hydrogens (tertiary/aromatic N) is 2. The Balaban J connectivity index is 1.58. The summed E-state index contributed by atoms with van der Waals surface area (Å²) in [4.78, 5) is 16.8. The van der Waals surface area contributed by atoms with Crippen molar-refractivity contribution < 1.29 is 4.79 Å². The smallest absolute Gasteiger partial charge is 0.255 e. The van der Waals surface area contributed by atoms with E-state index in [9.17, 15) is 4.79 Å². The molecular formula is C14H18IN3O. The van der Waals surface area contributed by atoms with Crippen LogP contribution in [0.4, 0.5) is 0 Å². The second-order valence-corrected chi connectivity index (χ2v) is 6.29. The fourth-order valence-corrected chi connectivity index (χ4v) is 3.32. The topological polar surface area (TPSA) is 35.6 Å². The average Bonchev–Trinajstić information content (AvgIpc) is 2.38. The second kappa shape index (κ2) is 5.76. The number of piperazine rings is 1. The molecule has 1 aromatic rings. The predicted octanol–water partition coefficient (Wildman–Crippen LogP) is 1.02. The van der Waals surface area contributed by atoms with E-state index in [1.54, 1.807) is 0 Å². The Hall–Kier alpha value is -0.660. The standard InChI is InChI=1S/C14H18IN3O/c15-13-4-2-1-3-12(13)14(19)18-9-11(10-18)17-7-5-16-6-8-17/h1-4,11,16H,5-10H2. The van der Waals surface area contributed by atoms with E-state index in [0.29, 0.717) is 6.04 Å². The third kappa shape index (κ3) is 2.78. The number of nitrogens with one attached hydrogen (secondary N) is 1. The van der Waals surface area contributed by atoms with E-state index in [0.717, 1.165) is 48.4 Å². The Morgan fingerprint density at radius 2 is 1.89 bits per heavy atom. The molecule has 19 heavy (non-hydrogen) atoms. The number of carbonyl (C=O) groups is 1.